The lowest BCUT2D eigenvalue weighted by Gasteiger charge is -2.18. The molecule has 0 fully saturated rings. The van der Waals surface area contributed by atoms with Gasteiger partial charge in [-0.3, -0.25) is 9.52 Å². The van der Waals surface area contributed by atoms with Crippen LogP contribution in [0.4, 0.5) is 11.4 Å². The van der Waals surface area contributed by atoms with Gasteiger partial charge in [0, 0.05) is 11.1 Å². The molecule has 1 atom stereocenters. The second-order valence-electron chi connectivity index (χ2n) is 7.93. The maximum atomic E-state index is 12.9. The smallest absolute Gasteiger partial charge is 0.265 e. The van der Waals surface area contributed by atoms with Gasteiger partial charge in [-0.2, -0.15) is 0 Å². The first-order valence-corrected chi connectivity index (χ1v) is 12.5. The third-order valence-corrected chi connectivity index (χ3v) is 6.87. The number of hydrogen-bond acceptors (Lipinski definition) is 4. The monoisotopic (exact) mass is 474 g/mol. The molecule has 0 unspecified atom stereocenters. The Morgan fingerprint density at radius 2 is 1.56 bits per heavy atom. The first kappa shape index (κ1) is 23.3. The summed E-state index contributed by atoms with van der Waals surface area (Å²) in [6.07, 6.45) is -0.181. The minimum absolute atomic E-state index is 0.0987. The predicted molar refractivity (Wildman–Crippen MR) is 136 cm³/mol. The maximum absolute atomic E-state index is 12.9. The number of nitrogens with one attached hydrogen (secondary N) is 2. The van der Waals surface area contributed by atoms with Gasteiger partial charge in [0.1, 0.15) is 5.75 Å². The fraction of sp³-hybridized carbons (Fsp3) is 0.148. The summed E-state index contributed by atoms with van der Waals surface area (Å²) >= 11 is 0. The highest BCUT2D eigenvalue weighted by molar-refractivity contribution is 7.92. The highest BCUT2D eigenvalue weighted by atomic mass is 32.2. The summed E-state index contributed by atoms with van der Waals surface area (Å²) in [6.45, 7) is 3.79. The average molecular weight is 475 g/mol. The quantitative estimate of drug-likeness (QED) is 0.341. The fourth-order valence-electron chi connectivity index (χ4n) is 3.62. The molecular formula is C27H26N2O4S. The number of fused-ring (bicyclic) bond motifs is 1. The Morgan fingerprint density at radius 1 is 0.882 bits per heavy atom. The van der Waals surface area contributed by atoms with Crippen LogP contribution in [-0.2, 0) is 14.8 Å². The number of para-hydroxylation sites is 1. The summed E-state index contributed by atoms with van der Waals surface area (Å²) in [6, 6.07) is 26.6. The van der Waals surface area contributed by atoms with Gasteiger partial charge in [-0.05, 0) is 60.7 Å². The van der Waals surface area contributed by atoms with Crippen molar-refractivity contribution in [2.75, 3.05) is 10.0 Å². The van der Waals surface area contributed by atoms with Crippen LogP contribution in [0.15, 0.2) is 95.9 Å². The summed E-state index contributed by atoms with van der Waals surface area (Å²) in [4.78, 5) is 12.8. The molecule has 2 N–H and O–H groups in total. The Morgan fingerprint density at radius 3 is 2.29 bits per heavy atom. The molecule has 0 spiro atoms. The van der Waals surface area contributed by atoms with Gasteiger partial charge < -0.3 is 10.1 Å². The second kappa shape index (κ2) is 9.97. The Labute approximate surface area is 199 Å². The molecule has 4 rings (SSSR count). The van der Waals surface area contributed by atoms with E-state index in [0.717, 1.165) is 16.3 Å². The van der Waals surface area contributed by atoms with Crippen molar-refractivity contribution in [1.82, 2.24) is 0 Å². The standard InChI is InChI=1S/C27H26N2O4S/c1-3-25(33-26-14-7-4-9-19(26)2)27(30)28-21-15-17-22(18-16-21)34(31,32)29-24-13-8-11-20-10-5-6-12-23(20)24/h4-18,25,29H,3H2,1-2H3,(H,28,30)/t25-/m1/s1. The van der Waals surface area contributed by atoms with Crippen LogP contribution < -0.4 is 14.8 Å². The summed E-state index contributed by atoms with van der Waals surface area (Å²) in [5, 5.41) is 4.57. The van der Waals surface area contributed by atoms with Crippen LogP contribution in [0.3, 0.4) is 0 Å². The first-order chi connectivity index (χ1) is 16.4. The fourth-order valence-corrected chi connectivity index (χ4v) is 4.70. The molecule has 4 aromatic rings. The van der Waals surface area contributed by atoms with E-state index in [1.54, 1.807) is 18.2 Å². The van der Waals surface area contributed by atoms with Crippen molar-refractivity contribution in [1.29, 1.82) is 0 Å². The largest absolute Gasteiger partial charge is 0.480 e. The van der Waals surface area contributed by atoms with E-state index in [1.165, 1.54) is 12.1 Å². The summed E-state index contributed by atoms with van der Waals surface area (Å²) in [7, 11) is -3.80. The Kier molecular flexibility index (Phi) is 6.84. The van der Waals surface area contributed by atoms with E-state index in [4.69, 9.17) is 4.74 Å². The van der Waals surface area contributed by atoms with E-state index in [1.807, 2.05) is 74.5 Å². The number of sulfonamides is 1. The van der Waals surface area contributed by atoms with Gasteiger partial charge in [-0.15, -0.1) is 0 Å². The molecule has 0 aromatic heterocycles. The van der Waals surface area contributed by atoms with Gasteiger partial charge in [-0.25, -0.2) is 8.42 Å². The van der Waals surface area contributed by atoms with E-state index in [2.05, 4.69) is 10.0 Å². The molecular weight excluding hydrogens is 448 g/mol. The van der Waals surface area contributed by atoms with Crippen molar-refractivity contribution in [3.8, 4) is 5.75 Å². The highest BCUT2D eigenvalue weighted by Gasteiger charge is 2.20. The number of hydrogen-bond donors (Lipinski definition) is 2. The van der Waals surface area contributed by atoms with E-state index < -0.39 is 16.1 Å². The summed E-state index contributed by atoms with van der Waals surface area (Å²) in [5.74, 6) is 0.362. The molecule has 7 heteroatoms. The molecule has 0 heterocycles. The van der Waals surface area contributed by atoms with E-state index in [-0.39, 0.29) is 10.8 Å². The molecule has 0 aliphatic rings. The van der Waals surface area contributed by atoms with Gasteiger partial charge >= 0.3 is 0 Å². The van der Waals surface area contributed by atoms with Crippen LogP contribution in [0.5, 0.6) is 5.75 Å². The van der Waals surface area contributed by atoms with Gasteiger partial charge in [0.2, 0.25) is 0 Å². The number of ether oxygens (including phenoxy) is 1. The predicted octanol–water partition coefficient (Wildman–Crippen LogP) is 5.75. The van der Waals surface area contributed by atoms with Gasteiger partial charge in [-0.1, -0.05) is 61.5 Å². The zero-order chi connectivity index (χ0) is 24.1. The number of amides is 1. The van der Waals surface area contributed by atoms with E-state index >= 15 is 0 Å². The van der Waals surface area contributed by atoms with Gasteiger partial charge in [0.05, 0.1) is 10.6 Å². The van der Waals surface area contributed by atoms with Crippen LogP contribution in [0.1, 0.15) is 18.9 Å². The Hall–Kier alpha value is -3.84. The van der Waals surface area contributed by atoms with Crippen LogP contribution >= 0.6 is 0 Å². The molecule has 4 aromatic carbocycles. The number of anilines is 2. The van der Waals surface area contributed by atoms with Crippen LogP contribution in [0.25, 0.3) is 10.8 Å². The van der Waals surface area contributed by atoms with Crippen LogP contribution in [0, 0.1) is 6.92 Å². The summed E-state index contributed by atoms with van der Waals surface area (Å²) < 4.78 is 34.5. The molecule has 0 saturated carbocycles. The molecule has 0 aliphatic heterocycles. The molecule has 0 radical (unpaired) electrons. The van der Waals surface area contributed by atoms with Gasteiger partial charge in [0.25, 0.3) is 15.9 Å². The van der Waals surface area contributed by atoms with Gasteiger partial charge in [0.15, 0.2) is 6.10 Å². The summed E-state index contributed by atoms with van der Waals surface area (Å²) in [5.41, 5.74) is 1.94. The third kappa shape index (κ3) is 5.21. The zero-order valence-electron chi connectivity index (χ0n) is 19.0. The molecule has 6 nitrogen and oxygen atoms in total. The normalized spacial score (nSPS) is 12.2. The van der Waals surface area contributed by atoms with Crippen molar-refractivity contribution in [2.45, 2.75) is 31.3 Å². The Bertz CT molecular complexity index is 1410. The van der Waals surface area contributed by atoms with Crippen molar-refractivity contribution in [2.24, 2.45) is 0 Å². The van der Waals surface area contributed by atoms with Crippen LogP contribution in [-0.4, -0.2) is 20.4 Å². The van der Waals surface area contributed by atoms with E-state index in [9.17, 15) is 13.2 Å². The number of rotatable bonds is 8. The lowest BCUT2D eigenvalue weighted by atomic mass is 10.1. The Balaban J connectivity index is 1.46. The van der Waals surface area contributed by atoms with Crippen molar-refractivity contribution >= 4 is 38.1 Å². The van der Waals surface area contributed by atoms with Crippen molar-refractivity contribution in [3.63, 3.8) is 0 Å². The van der Waals surface area contributed by atoms with Crippen molar-refractivity contribution in [3.05, 3.63) is 96.6 Å². The molecule has 0 bridgehead atoms. The number of benzene rings is 4. The highest BCUT2D eigenvalue weighted by Crippen LogP contribution is 2.26. The van der Waals surface area contributed by atoms with Crippen molar-refractivity contribution < 1.29 is 17.9 Å². The number of aryl methyl sites for hydroxylation is 1. The number of carbonyl (C=O) groups excluding carboxylic acids is 1. The first-order valence-electron chi connectivity index (χ1n) is 11.0. The zero-order valence-corrected chi connectivity index (χ0v) is 19.8. The number of carbonyl (C=O) groups is 1. The molecule has 1 amide bonds. The maximum Gasteiger partial charge on any atom is 0.265 e. The molecule has 0 saturated heterocycles. The average Bonchev–Trinajstić information content (AvgIpc) is 2.84. The second-order valence-corrected chi connectivity index (χ2v) is 9.61. The minimum Gasteiger partial charge on any atom is -0.480 e. The lowest BCUT2D eigenvalue weighted by molar-refractivity contribution is -0.122. The van der Waals surface area contributed by atoms with Crippen LogP contribution in [0.2, 0.25) is 0 Å². The molecule has 0 aliphatic carbocycles. The minimum atomic E-state index is -3.80. The lowest BCUT2D eigenvalue weighted by Crippen LogP contribution is -2.32. The molecule has 34 heavy (non-hydrogen) atoms. The molecule has 174 valence electrons. The van der Waals surface area contributed by atoms with E-state index in [0.29, 0.717) is 23.5 Å². The third-order valence-electron chi connectivity index (χ3n) is 5.49. The SMILES string of the molecule is CC[C@@H](Oc1ccccc1C)C(=O)Nc1ccc(S(=O)(=O)Nc2cccc3ccccc23)cc1. The topological polar surface area (TPSA) is 84.5 Å².